The summed E-state index contributed by atoms with van der Waals surface area (Å²) in [6.07, 6.45) is 3.96. The Kier molecular flexibility index (Phi) is 5.40. The Morgan fingerprint density at radius 1 is 1.24 bits per heavy atom. The first-order valence-corrected chi connectivity index (χ1v) is 8.36. The number of ether oxygens (including phenoxy) is 1. The normalized spacial score (nSPS) is 16.4. The number of pyridine rings is 1. The molecule has 1 aromatic carbocycles. The predicted octanol–water partition coefficient (Wildman–Crippen LogP) is 3.13. The van der Waals surface area contributed by atoms with Gasteiger partial charge in [-0.25, -0.2) is 0 Å². The maximum absolute atomic E-state index is 12.4. The van der Waals surface area contributed by atoms with Crippen molar-refractivity contribution in [3.8, 4) is 0 Å². The lowest BCUT2D eigenvalue weighted by atomic mass is 10.1. The van der Waals surface area contributed by atoms with E-state index in [1.165, 1.54) is 6.92 Å². The summed E-state index contributed by atoms with van der Waals surface area (Å²) in [5, 5.41) is 6.05. The fourth-order valence-electron chi connectivity index (χ4n) is 2.71. The Balaban J connectivity index is 1.64. The van der Waals surface area contributed by atoms with Crippen molar-refractivity contribution in [2.75, 3.05) is 23.8 Å². The van der Waals surface area contributed by atoms with Crippen LogP contribution in [-0.2, 0) is 4.74 Å². The molecule has 0 spiro atoms. The van der Waals surface area contributed by atoms with E-state index in [0.717, 1.165) is 25.1 Å². The average Bonchev–Trinajstić information content (AvgIpc) is 3.14. The molecule has 0 saturated carbocycles. The van der Waals surface area contributed by atoms with Gasteiger partial charge in [0.05, 0.1) is 6.10 Å². The van der Waals surface area contributed by atoms with Crippen LogP contribution in [0.5, 0.6) is 0 Å². The van der Waals surface area contributed by atoms with Gasteiger partial charge in [0, 0.05) is 36.3 Å². The summed E-state index contributed by atoms with van der Waals surface area (Å²) in [6.45, 7) is 3.02. The molecule has 2 heterocycles. The van der Waals surface area contributed by atoms with Crippen LogP contribution >= 0.6 is 0 Å². The van der Waals surface area contributed by atoms with Crippen LogP contribution in [0.3, 0.4) is 0 Å². The number of hydrogen-bond donors (Lipinski definition) is 2. The van der Waals surface area contributed by atoms with Crippen LogP contribution in [0, 0.1) is 0 Å². The molecule has 2 N–H and O–H groups in total. The highest BCUT2D eigenvalue weighted by atomic mass is 16.5. The van der Waals surface area contributed by atoms with Crippen molar-refractivity contribution in [1.82, 2.24) is 4.98 Å². The van der Waals surface area contributed by atoms with Crippen LogP contribution in [0.4, 0.5) is 11.4 Å². The highest BCUT2D eigenvalue weighted by Crippen LogP contribution is 2.16. The van der Waals surface area contributed by atoms with Gasteiger partial charge in [0.25, 0.3) is 5.91 Å². The smallest absolute Gasteiger partial charge is 0.274 e. The fraction of sp³-hybridized carbons (Fsp3) is 0.316. The number of carbonyl (C=O) groups is 2. The number of aromatic nitrogens is 1. The Labute approximate surface area is 146 Å². The van der Waals surface area contributed by atoms with Crippen molar-refractivity contribution in [2.24, 2.45) is 0 Å². The Morgan fingerprint density at radius 2 is 2.12 bits per heavy atom. The molecule has 1 fully saturated rings. The average molecular weight is 339 g/mol. The Hall–Kier alpha value is -2.73. The molecule has 25 heavy (non-hydrogen) atoms. The van der Waals surface area contributed by atoms with Gasteiger partial charge >= 0.3 is 0 Å². The van der Waals surface area contributed by atoms with E-state index in [4.69, 9.17) is 4.74 Å². The maximum Gasteiger partial charge on any atom is 0.274 e. The number of ketones is 1. The van der Waals surface area contributed by atoms with E-state index in [9.17, 15) is 9.59 Å². The molecule has 1 saturated heterocycles. The lowest BCUT2D eigenvalue weighted by Gasteiger charge is -2.12. The molecular weight excluding hydrogens is 318 g/mol. The molecule has 6 heteroatoms. The number of nitrogens with one attached hydrogen (secondary N) is 2. The second-order valence-corrected chi connectivity index (χ2v) is 6.04. The molecular formula is C19H21N3O3. The predicted molar refractivity (Wildman–Crippen MR) is 96.1 cm³/mol. The second kappa shape index (κ2) is 7.90. The number of Topliss-reactive ketones (excluding diaryl/α,β-unsaturated/α-hetero) is 1. The van der Waals surface area contributed by atoms with Gasteiger partial charge in [-0.05, 0) is 44.0 Å². The number of carbonyl (C=O) groups excluding carboxylic acids is 2. The second-order valence-electron chi connectivity index (χ2n) is 6.04. The van der Waals surface area contributed by atoms with Gasteiger partial charge in [-0.3, -0.25) is 14.6 Å². The number of benzene rings is 1. The summed E-state index contributed by atoms with van der Waals surface area (Å²) < 4.78 is 5.58. The number of nitrogens with zero attached hydrogens (tertiary/aromatic N) is 1. The highest BCUT2D eigenvalue weighted by molar-refractivity contribution is 6.04. The van der Waals surface area contributed by atoms with E-state index in [1.807, 2.05) is 6.07 Å². The third kappa shape index (κ3) is 4.64. The van der Waals surface area contributed by atoms with E-state index in [-0.39, 0.29) is 17.8 Å². The zero-order chi connectivity index (χ0) is 17.6. The number of hydrogen-bond acceptors (Lipinski definition) is 5. The van der Waals surface area contributed by atoms with E-state index in [0.29, 0.717) is 23.5 Å². The van der Waals surface area contributed by atoms with Gasteiger partial charge in [-0.2, -0.15) is 0 Å². The van der Waals surface area contributed by atoms with E-state index in [2.05, 4.69) is 15.6 Å². The van der Waals surface area contributed by atoms with Crippen molar-refractivity contribution >= 4 is 23.1 Å². The quantitative estimate of drug-likeness (QED) is 0.790. The van der Waals surface area contributed by atoms with Crippen LogP contribution in [0.15, 0.2) is 42.6 Å². The zero-order valence-electron chi connectivity index (χ0n) is 14.1. The first-order valence-electron chi connectivity index (χ1n) is 8.36. The minimum Gasteiger partial charge on any atom is -0.382 e. The van der Waals surface area contributed by atoms with Crippen molar-refractivity contribution in [3.05, 3.63) is 53.9 Å². The summed E-state index contributed by atoms with van der Waals surface area (Å²) >= 11 is 0. The van der Waals surface area contributed by atoms with Gasteiger partial charge in [0.15, 0.2) is 5.78 Å². The van der Waals surface area contributed by atoms with Gasteiger partial charge in [0.1, 0.15) is 5.69 Å². The zero-order valence-corrected chi connectivity index (χ0v) is 14.1. The summed E-state index contributed by atoms with van der Waals surface area (Å²) in [5.74, 6) is -0.365. The molecule has 0 bridgehead atoms. The Morgan fingerprint density at radius 3 is 2.88 bits per heavy atom. The van der Waals surface area contributed by atoms with E-state index in [1.54, 1.807) is 36.5 Å². The molecule has 1 aliphatic rings. The SMILES string of the molecule is CC(=O)c1cccc(NC(=O)c2cc(NCC3CCCO3)ccn2)c1. The van der Waals surface area contributed by atoms with Crippen molar-refractivity contribution < 1.29 is 14.3 Å². The van der Waals surface area contributed by atoms with Gasteiger partial charge in [-0.1, -0.05) is 12.1 Å². The first-order chi connectivity index (χ1) is 12.1. The van der Waals surface area contributed by atoms with E-state index < -0.39 is 0 Å². The Bertz CT molecular complexity index is 770. The van der Waals surface area contributed by atoms with Crippen molar-refractivity contribution in [3.63, 3.8) is 0 Å². The molecule has 3 rings (SSSR count). The highest BCUT2D eigenvalue weighted by Gasteiger charge is 2.15. The largest absolute Gasteiger partial charge is 0.382 e. The summed E-state index contributed by atoms with van der Waals surface area (Å²) in [7, 11) is 0. The van der Waals surface area contributed by atoms with Crippen LogP contribution in [0.1, 0.15) is 40.6 Å². The summed E-state index contributed by atoms with van der Waals surface area (Å²) in [5.41, 5.74) is 2.26. The minimum atomic E-state index is -0.318. The van der Waals surface area contributed by atoms with Gasteiger partial charge in [0.2, 0.25) is 0 Å². The van der Waals surface area contributed by atoms with Crippen LogP contribution in [0.25, 0.3) is 0 Å². The first kappa shape index (κ1) is 17.1. The number of amides is 1. The van der Waals surface area contributed by atoms with Crippen LogP contribution < -0.4 is 10.6 Å². The monoisotopic (exact) mass is 339 g/mol. The molecule has 0 radical (unpaired) electrons. The molecule has 1 unspecified atom stereocenters. The van der Waals surface area contributed by atoms with E-state index >= 15 is 0 Å². The lowest BCUT2D eigenvalue weighted by Crippen LogP contribution is -2.19. The summed E-state index contributed by atoms with van der Waals surface area (Å²) in [4.78, 5) is 28.0. The topological polar surface area (TPSA) is 80.3 Å². The fourth-order valence-corrected chi connectivity index (χ4v) is 2.71. The van der Waals surface area contributed by atoms with Crippen molar-refractivity contribution in [1.29, 1.82) is 0 Å². The van der Waals surface area contributed by atoms with Gasteiger partial charge < -0.3 is 15.4 Å². The molecule has 1 amide bonds. The molecule has 0 aliphatic carbocycles. The third-order valence-electron chi connectivity index (χ3n) is 4.08. The molecule has 1 aliphatic heterocycles. The molecule has 6 nitrogen and oxygen atoms in total. The van der Waals surface area contributed by atoms with Crippen molar-refractivity contribution in [2.45, 2.75) is 25.9 Å². The molecule has 2 aromatic rings. The lowest BCUT2D eigenvalue weighted by molar-refractivity contribution is 0.100. The molecule has 130 valence electrons. The molecule has 1 aromatic heterocycles. The maximum atomic E-state index is 12.4. The molecule has 1 atom stereocenters. The number of rotatable bonds is 6. The van der Waals surface area contributed by atoms with Crippen LogP contribution in [-0.4, -0.2) is 35.9 Å². The minimum absolute atomic E-state index is 0.0467. The standard InChI is InChI=1S/C19H21N3O3/c1-13(23)14-4-2-5-16(10-14)22-19(24)18-11-15(7-8-20-18)21-12-17-6-3-9-25-17/h2,4-5,7-8,10-11,17H,3,6,9,12H2,1H3,(H,20,21)(H,22,24). The van der Waals surface area contributed by atoms with Crippen LogP contribution in [0.2, 0.25) is 0 Å². The summed E-state index contributed by atoms with van der Waals surface area (Å²) in [6, 6.07) is 10.4. The third-order valence-corrected chi connectivity index (χ3v) is 4.08. The number of anilines is 2. The van der Waals surface area contributed by atoms with Gasteiger partial charge in [-0.15, -0.1) is 0 Å².